The summed E-state index contributed by atoms with van der Waals surface area (Å²) in [4.78, 5) is 4.86. The maximum atomic E-state index is 12.7. The standard InChI is InChI=1S/C22H17ClN2O2S2/c1-15-19(23)8-5-9-21(15)29(26,27)25-18-12-10-16(11-13-18)20-14-28-22(24-20)17-6-3-2-4-7-17/h2-14,25H,1H3. The van der Waals surface area contributed by atoms with E-state index in [1.165, 1.54) is 6.07 Å². The molecule has 146 valence electrons. The number of nitrogens with zero attached hydrogens (tertiary/aromatic N) is 1. The summed E-state index contributed by atoms with van der Waals surface area (Å²) in [7, 11) is -3.72. The number of aromatic nitrogens is 1. The van der Waals surface area contributed by atoms with E-state index < -0.39 is 10.0 Å². The van der Waals surface area contributed by atoms with Crippen LogP contribution in [0.25, 0.3) is 21.8 Å². The predicted molar refractivity (Wildman–Crippen MR) is 120 cm³/mol. The molecule has 0 aliphatic heterocycles. The maximum absolute atomic E-state index is 12.7. The predicted octanol–water partition coefficient (Wildman–Crippen LogP) is 6.24. The van der Waals surface area contributed by atoms with E-state index in [2.05, 4.69) is 9.71 Å². The van der Waals surface area contributed by atoms with Crippen molar-refractivity contribution in [3.63, 3.8) is 0 Å². The molecule has 29 heavy (non-hydrogen) atoms. The van der Waals surface area contributed by atoms with Crippen LogP contribution in [0, 0.1) is 6.92 Å². The van der Waals surface area contributed by atoms with Crippen LogP contribution in [-0.2, 0) is 10.0 Å². The number of thiazole rings is 1. The van der Waals surface area contributed by atoms with Crippen LogP contribution in [0.5, 0.6) is 0 Å². The van der Waals surface area contributed by atoms with Crippen molar-refractivity contribution in [1.82, 2.24) is 4.98 Å². The molecule has 4 nitrogen and oxygen atoms in total. The number of sulfonamides is 1. The Morgan fingerprint density at radius 2 is 1.62 bits per heavy atom. The number of nitrogens with one attached hydrogen (secondary N) is 1. The third-order valence-electron chi connectivity index (χ3n) is 4.47. The number of halogens is 1. The van der Waals surface area contributed by atoms with E-state index >= 15 is 0 Å². The van der Waals surface area contributed by atoms with E-state index in [-0.39, 0.29) is 4.90 Å². The Morgan fingerprint density at radius 1 is 0.897 bits per heavy atom. The molecule has 1 N–H and O–H groups in total. The van der Waals surface area contributed by atoms with Crippen molar-refractivity contribution in [3.05, 3.63) is 88.8 Å². The van der Waals surface area contributed by atoms with Gasteiger partial charge in [0.25, 0.3) is 10.0 Å². The van der Waals surface area contributed by atoms with Gasteiger partial charge in [0.1, 0.15) is 5.01 Å². The summed E-state index contributed by atoms with van der Waals surface area (Å²) in [6.07, 6.45) is 0. The molecule has 0 aliphatic carbocycles. The highest BCUT2D eigenvalue weighted by Gasteiger charge is 2.18. The van der Waals surface area contributed by atoms with E-state index in [1.54, 1.807) is 42.5 Å². The van der Waals surface area contributed by atoms with Crippen LogP contribution in [0.15, 0.2) is 83.1 Å². The van der Waals surface area contributed by atoms with E-state index in [1.807, 2.05) is 47.8 Å². The lowest BCUT2D eigenvalue weighted by Gasteiger charge is -2.11. The largest absolute Gasteiger partial charge is 0.280 e. The van der Waals surface area contributed by atoms with Gasteiger partial charge in [0.2, 0.25) is 0 Å². The monoisotopic (exact) mass is 440 g/mol. The highest BCUT2D eigenvalue weighted by atomic mass is 35.5. The second-order valence-electron chi connectivity index (χ2n) is 6.45. The van der Waals surface area contributed by atoms with E-state index in [9.17, 15) is 8.42 Å². The molecule has 0 bridgehead atoms. The first-order valence-corrected chi connectivity index (χ1v) is 11.6. The summed E-state index contributed by atoms with van der Waals surface area (Å²) >= 11 is 7.64. The molecule has 0 spiro atoms. The SMILES string of the molecule is Cc1c(Cl)cccc1S(=O)(=O)Nc1ccc(-c2csc(-c3ccccc3)n2)cc1. The maximum Gasteiger partial charge on any atom is 0.262 e. The first-order valence-electron chi connectivity index (χ1n) is 8.83. The molecule has 0 fully saturated rings. The fourth-order valence-corrected chi connectivity index (χ4v) is 5.31. The summed E-state index contributed by atoms with van der Waals surface area (Å²) in [6.45, 7) is 1.69. The molecule has 4 aromatic rings. The minimum absolute atomic E-state index is 0.168. The molecule has 3 aromatic carbocycles. The van der Waals surface area contributed by atoms with Gasteiger partial charge in [-0.2, -0.15) is 0 Å². The summed E-state index contributed by atoms with van der Waals surface area (Å²) < 4.78 is 28.0. The van der Waals surface area contributed by atoms with Gasteiger partial charge in [-0.3, -0.25) is 4.72 Å². The van der Waals surface area contributed by atoms with Crippen molar-refractivity contribution in [2.24, 2.45) is 0 Å². The quantitative estimate of drug-likeness (QED) is 0.399. The summed E-state index contributed by atoms with van der Waals surface area (Å²) in [5, 5.41) is 3.36. The molecule has 1 aromatic heterocycles. The van der Waals surface area contributed by atoms with Crippen LogP contribution in [0.2, 0.25) is 5.02 Å². The number of benzene rings is 3. The molecule has 0 aliphatic rings. The number of hydrogen-bond acceptors (Lipinski definition) is 4. The van der Waals surface area contributed by atoms with Gasteiger partial charge in [-0.05, 0) is 36.8 Å². The molecule has 0 unspecified atom stereocenters. The number of hydrogen-bond donors (Lipinski definition) is 1. The lowest BCUT2D eigenvalue weighted by molar-refractivity contribution is 0.600. The number of anilines is 1. The molecular formula is C22H17ClN2O2S2. The Kier molecular flexibility index (Phi) is 5.41. The Labute approximate surface area is 178 Å². The second-order valence-corrected chi connectivity index (χ2v) is 9.37. The van der Waals surface area contributed by atoms with Crippen molar-refractivity contribution in [3.8, 4) is 21.8 Å². The average Bonchev–Trinajstić information content (AvgIpc) is 3.21. The molecule has 0 saturated heterocycles. The molecule has 0 atom stereocenters. The minimum atomic E-state index is -3.72. The number of rotatable bonds is 5. The minimum Gasteiger partial charge on any atom is -0.280 e. The fourth-order valence-electron chi connectivity index (χ4n) is 2.92. The van der Waals surface area contributed by atoms with E-state index in [4.69, 9.17) is 11.6 Å². The van der Waals surface area contributed by atoms with Gasteiger partial charge in [-0.25, -0.2) is 13.4 Å². The molecule has 4 rings (SSSR count). The van der Waals surface area contributed by atoms with Gasteiger partial charge < -0.3 is 0 Å². The Hall–Kier alpha value is -2.67. The lowest BCUT2D eigenvalue weighted by atomic mass is 10.1. The van der Waals surface area contributed by atoms with E-state index in [0.29, 0.717) is 16.3 Å². The highest BCUT2D eigenvalue weighted by Crippen LogP contribution is 2.30. The van der Waals surface area contributed by atoms with Crippen LogP contribution in [-0.4, -0.2) is 13.4 Å². The van der Waals surface area contributed by atoms with Crippen molar-refractivity contribution < 1.29 is 8.42 Å². The van der Waals surface area contributed by atoms with Gasteiger partial charge >= 0.3 is 0 Å². The van der Waals surface area contributed by atoms with E-state index in [0.717, 1.165) is 21.8 Å². The van der Waals surface area contributed by atoms with Crippen LogP contribution in [0.3, 0.4) is 0 Å². The zero-order valence-electron chi connectivity index (χ0n) is 15.5. The molecular weight excluding hydrogens is 424 g/mol. The second kappa shape index (κ2) is 7.99. The Morgan fingerprint density at radius 3 is 2.34 bits per heavy atom. The highest BCUT2D eigenvalue weighted by molar-refractivity contribution is 7.92. The molecule has 1 heterocycles. The van der Waals surface area contributed by atoms with Gasteiger partial charge in [-0.1, -0.05) is 60.1 Å². The molecule has 0 radical (unpaired) electrons. The zero-order valence-corrected chi connectivity index (χ0v) is 17.9. The van der Waals surface area contributed by atoms with Gasteiger partial charge in [0.05, 0.1) is 10.6 Å². The van der Waals surface area contributed by atoms with Gasteiger partial charge in [0.15, 0.2) is 0 Å². The zero-order chi connectivity index (χ0) is 20.4. The molecule has 0 saturated carbocycles. The molecule has 0 amide bonds. The third-order valence-corrected chi connectivity index (χ3v) is 7.29. The Balaban J connectivity index is 1.56. The topological polar surface area (TPSA) is 59.1 Å². The van der Waals surface area contributed by atoms with Crippen LogP contribution >= 0.6 is 22.9 Å². The van der Waals surface area contributed by atoms with Crippen LogP contribution in [0.1, 0.15) is 5.56 Å². The Bertz CT molecular complexity index is 1250. The smallest absolute Gasteiger partial charge is 0.262 e. The first kappa shape index (κ1) is 19.6. The van der Waals surface area contributed by atoms with Crippen molar-refractivity contribution in [2.75, 3.05) is 4.72 Å². The first-order chi connectivity index (χ1) is 13.9. The van der Waals surface area contributed by atoms with Gasteiger partial charge in [-0.15, -0.1) is 11.3 Å². The third kappa shape index (κ3) is 4.19. The van der Waals surface area contributed by atoms with Crippen molar-refractivity contribution in [2.45, 2.75) is 11.8 Å². The summed E-state index contributed by atoms with van der Waals surface area (Å²) in [5.74, 6) is 0. The van der Waals surface area contributed by atoms with Crippen molar-refractivity contribution >= 4 is 38.6 Å². The van der Waals surface area contributed by atoms with Crippen molar-refractivity contribution in [1.29, 1.82) is 0 Å². The normalized spacial score (nSPS) is 11.4. The fraction of sp³-hybridized carbons (Fsp3) is 0.0455. The van der Waals surface area contributed by atoms with Crippen LogP contribution < -0.4 is 4.72 Å². The van der Waals surface area contributed by atoms with Gasteiger partial charge in [0, 0.05) is 27.2 Å². The summed E-state index contributed by atoms with van der Waals surface area (Å²) in [5.41, 5.74) is 3.85. The lowest BCUT2D eigenvalue weighted by Crippen LogP contribution is -2.14. The average molecular weight is 441 g/mol. The molecule has 7 heteroatoms. The van der Waals surface area contributed by atoms with Crippen LogP contribution in [0.4, 0.5) is 5.69 Å². The summed E-state index contributed by atoms with van der Waals surface area (Å²) in [6, 6.07) is 22.0.